The third-order valence-corrected chi connectivity index (χ3v) is 9.12. The predicted octanol–water partition coefficient (Wildman–Crippen LogP) is 3.84. The first kappa shape index (κ1) is 22.3. The fourth-order valence-electron chi connectivity index (χ4n) is 4.50. The van der Waals surface area contributed by atoms with Crippen LogP contribution in [0.5, 0.6) is 0 Å². The number of halogens is 3. The normalized spacial score (nSPS) is 18.5. The molecule has 0 aliphatic carbocycles. The van der Waals surface area contributed by atoms with Crippen LogP contribution in [0.2, 0.25) is 0 Å². The molecule has 33 heavy (non-hydrogen) atoms. The van der Waals surface area contributed by atoms with Gasteiger partial charge in [-0.1, -0.05) is 18.2 Å². The van der Waals surface area contributed by atoms with E-state index in [0.717, 1.165) is 42.0 Å². The molecule has 2 aliphatic heterocycles. The van der Waals surface area contributed by atoms with E-state index in [1.807, 2.05) is 0 Å². The van der Waals surface area contributed by atoms with Gasteiger partial charge in [-0.3, -0.25) is 0 Å². The van der Waals surface area contributed by atoms with Crippen LogP contribution in [-0.2, 0) is 16.4 Å². The molecule has 2 aliphatic rings. The lowest BCUT2D eigenvalue weighted by Crippen LogP contribution is -2.61. The van der Waals surface area contributed by atoms with E-state index < -0.39 is 26.6 Å². The van der Waals surface area contributed by atoms with Crippen LogP contribution in [0.3, 0.4) is 0 Å². The maximum absolute atomic E-state index is 14.0. The van der Waals surface area contributed by atoms with E-state index in [2.05, 4.69) is 14.3 Å². The average molecular weight is 495 g/mol. The molecule has 174 valence electrons. The summed E-state index contributed by atoms with van der Waals surface area (Å²) >= 11 is 1.31. The lowest BCUT2D eigenvalue weighted by Gasteiger charge is -2.53. The summed E-state index contributed by atoms with van der Waals surface area (Å²) < 4.78 is 72.3. The van der Waals surface area contributed by atoms with Crippen molar-refractivity contribution in [2.24, 2.45) is 5.41 Å². The SMILES string of the molecule is O=S(=O)(c1c(F)cccc1F)N1CCC2(CC1)CN(c1nc(Cc3ccc(F)cc3)ns1)C2. The molecule has 0 bridgehead atoms. The summed E-state index contributed by atoms with van der Waals surface area (Å²) in [6, 6.07) is 9.31. The molecular formula is C22H21F3N4O2S2. The monoisotopic (exact) mass is 494 g/mol. The summed E-state index contributed by atoms with van der Waals surface area (Å²) in [6.45, 7) is 1.91. The Morgan fingerprint density at radius 3 is 2.24 bits per heavy atom. The minimum atomic E-state index is -4.23. The summed E-state index contributed by atoms with van der Waals surface area (Å²) in [6.07, 6.45) is 1.75. The number of aromatic nitrogens is 2. The molecule has 0 saturated carbocycles. The number of rotatable bonds is 5. The van der Waals surface area contributed by atoms with E-state index >= 15 is 0 Å². The summed E-state index contributed by atoms with van der Waals surface area (Å²) in [4.78, 5) is 5.83. The van der Waals surface area contributed by atoms with Crippen LogP contribution < -0.4 is 4.90 Å². The second-order valence-electron chi connectivity index (χ2n) is 8.61. The lowest BCUT2D eigenvalue weighted by molar-refractivity contribution is 0.114. The summed E-state index contributed by atoms with van der Waals surface area (Å²) in [5.74, 6) is -1.75. The van der Waals surface area contributed by atoms with Gasteiger partial charge in [-0.05, 0) is 42.7 Å². The molecule has 3 heterocycles. The zero-order valence-corrected chi connectivity index (χ0v) is 19.2. The minimum absolute atomic E-state index is 0.0391. The Bertz CT molecular complexity index is 1240. The fraction of sp³-hybridized carbons (Fsp3) is 0.364. The maximum atomic E-state index is 14.0. The second-order valence-corrected chi connectivity index (χ2v) is 11.2. The van der Waals surface area contributed by atoms with Crippen LogP contribution >= 0.6 is 11.5 Å². The molecular weight excluding hydrogens is 473 g/mol. The average Bonchev–Trinajstić information content (AvgIpc) is 3.21. The van der Waals surface area contributed by atoms with Crippen molar-refractivity contribution in [1.29, 1.82) is 0 Å². The van der Waals surface area contributed by atoms with Crippen molar-refractivity contribution in [3.8, 4) is 0 Å². The third kappa shape index (κ3) is 4.24. The Morgan fingerprint density at radius 2 is 1.61 bits per heavy atom. The quantitative estimate of drug-likeness (QED) is 0.539. The Labute approximate surface area is 193 Å². The number of hydrogen-bond acceptors (Lipinski definition) is 6. The van der Waals surface area contributed by atoms with Gasteiger partial charge in [0.05, 0.1) is 0 Å². The van der Waals surface area contributed by atoms with Gasteiger partial charge in [0.1, 0.15) is 23.3 Å². The van der Waals surface area contributed by atoms with Gasteiger partial charge in [0.15, 0.2) is 4.90 Å². The van der Waals surface area contributed by atoms with Crippen molar-refractivity contribution in [3.05, 3.63) is 71.3 Å². The zero-order chi connectivity index (χ0) is 23.2. The Morgan fingerprint density at radius 1 is 0.970 bits per heavy atom. The predicted molar refractivity (Wildman–Crippen MR) is 118 cm³/mol. The number of piperidine rings is 1. The first-order valence-corrected chi connectivity index (χ1v) is 12.7. The van der Waals surface area contributed by atoms with Crippen LogP contribution in [0.4, 0.5) is 18.3 Å². The highest BCUT2D eigenvalue weighted by Gasteiger charge is 2.48. The Balaban J connectivity index is 1.19. The van der Waals surface area contributed by atoms with Gasteiger partial charge in [-0.2, -0.15) is 8.68 Å². The zero-order valence-electron chi connectivity index (χ0n) is 17.5. The first-order valence-electron chi connectivity index (χ1n) is 10.5. The van der Waals surface area contributed by atoms with Crippen molar-refractivity contribution in [1.82, 2.24) is 13.7 Å². The Hall–Kier alpha value is -2.50. The molecule has 0 N–H and O–H groups in total. The summed E-state index contributed by atoms with van der Waals surface area (Å²) in [5.41, 5.74) is 0.892. The Kier molecular flexibility index (Phi) is 5.66. The van der Waals surface area contributed by atoms with Crippen molar-refractivity contribution < 1.29 is 21.6 Å². The fourth-order valence-corrected chi connectivity index (χ4v) is 6.74. The molecule has 3 aromatic rings. The molecule has 1 aromatic heterocycles. The molecule has 2 saturated heterocycles. The van der Waals surface area contributed by atoms with Crippen molar-refractivity contribution in [3.63, 3.8) is 0 Å². The molecule has 0 atom stereocenters. The third-order valence-electron chi connectivity index (χ3n) is 6.36. The molecule has 1 spiro atoms. The van der Waals surface area contributed by atoms with Crippen molar-refractivity contribution in [2.45, 2.75) is 24.2 Å². The van der Waals surface area contributed by atoms with Gasteiger partial charge in [0.25, 0.3) is 0 Å². The first-order chi connectivity index (χ1) is 15.8. The van der Waals surface area contributed by atoms with E-state index in [9.17, 15) is 21.6 Å². The highest BCUT2D eigenvalue weighted by molar-refractivity contribution is 7.89. The van der Waals surface area contributed by atoms with Crippen LogP contribution in [0, 0.1) is 22.9 Å². The van der Waals surface area contributed by atoms with Gasteiger partial charge in [-0.15, -0.1) is 0 Å². The summed E-state index contributed by atoms with van der Waals surface area (Å²) in [5, 5.41) is 0.807. The number of hydrogen-bond donors (Lipinski definition) is 0. The van der Waals surface area contributed by atoms with E-state index in [-0.39, 0.29) is 24.3 Å². The van der Waals surface area contributed by atoms with E-state index in [4.69, 9.17) is 0 Å². The second kappa shape index (κ2) is 8.37. The van der Waals surface area contributed by atoms with Gasteiger partial charge >= 0.3 is 0 Å². The molecule has 6 nitrogen and oxygen atoms in total. The minimum Gasteiger partial charge on any atom is -0.346 e. The number of sulfonamides is 1. The molecule has 0 unspecified atom stereocenters. The number of anilines is 1. The van der Waals surface area contributed by atoms with E-state index in [0.29, 0.717) is 25.1 Å². The molecule has 2 fully saturated rings. The van der Waals surface area contributed by atoms with Crippen LogP contribution in [0.15, 0.2) is 47.4 Å². The topological polar surface area (TPSA) is 66.4 Å². The van der Waals surface area contributed by atoms with E-state index in [1.54, 1.807) is 12.1 Å². The summed E-state index contributed by atoms with van der Waals surface area (Å²) in [7, 11) is -4.23. The van der Waals surface area contributed by atoms with Crippen molar-refractivity contribution >= 4 is 26.7 Å². The molecule has 5 rings (SSSR count). The van der Waals surface area contributed by atoms with Gasteiger partial charge in [0, 0.05) is 49.5 Å². The highest BCUT2D eigenvalue weighted by atomic mass is 32.2. The lowest BCUT2D eigenvalue weighted by atomic mass is 9.73. The smallest absolute Gasteiger partial charge is 0.248 e. The van der Waals surface area contributed by atoms with Crippen LogP contribution in [0.25, 0.3) is 0 Å². The van der Waals surface area contributed by atoms with Crippen molar-refractivity contribution in [2.75, 3.05) is 31.1 Å². The van der Waals surface area contributed by atoms with Gasteiger partial charge in [-0.25, -0.2) is 26.6 Å². The molecule has 0 amide bonds. The standard InChI is InChI=1S/C22H21F3N4O2S2/c23-16-6-4-15(5-7-16)12-19-26-21(32-27-19)28-13-22(14-28)8-10-29(11-9-22)33(30,31)20-17(24)2-1-3-18(20)25/h1-7H,8-14H2. The maximum Gasteiger partial charge on any atom is 0.248 e. The molecule has 2 aromatic carbocycles. The van der Waals surface area contributed by atoms with Gasteiger partial charge < -0.3 is 4.90 Å². The number of nitrogens with zero attached hydrogens (tertiary/aromatic N) is 4. The highest BCUT2D eigenvalue weighted by Crippen LogP contribution is 2.44. The van der Waals surface area contributed by atoms with Crippen LogP contribution in [0.1, 0.15) is 24.2 Å². The van der Waals surface area contributed by atoms with Gasteiger partial charge in [0.2, 0.25) is 15.2 Å². The number of benzene rings is 2. The largest absolute Gasteiger partial charge is 0.346 e. The molecule has 11 heteroatoms. The molecule has 0 radical (unpaired) electrons. The van der Waals surface area contributed by atoms with E-state index in [1.165, 1.54) is 28.0 Å². The van der Waals surface area contributed by atoms with Crippen LogP contribution in [-0.4, -0.2) is 48.3 Å².